The van der Waals surface area contributed by atoms with Crippen LogP contribution in [0.3, 0.4) is 0 Å². The van der Waals surface area contributed by atoms with Gasteiger partial charge in [0.05, 0.1) is 26.9 Å². The van der Waals surface area contributed by atoms with Crippen LogP contribution in [0.2, 0.25) is 0 Å². The maximum atomic E-state index is 5.62. The van der Waals surface area contributed by atoms with Gasteiger partial charge in [-0.15, -0.1) is 0 Å². The van der Waals surface area contributed by atoms with Crippen molar-refractivity contribution in [2.24, 2.45) is 0 Å². The van der Waals surface area contributed by atoms with Gasteiger partial charge >= 0.3 is 0 Å². The first-order valence-electron chi connectivity index (χ1n) is 7.10. The van der Waals surface area contributed by atoms with Crippen molar-refractivity contribution < 1.29 is 14.2 Å². The third kappa shape index (κ3) is 5.90. The van der Waals surface area contributed by atoms with Crippen LogP contribution in [0.25, 0.3) is 0 Å². The first-order chi connectivity index (χ1) is 9.69. The van der Waals surface area contributed by atoms with Gasteiger partial charge in [0.15, 0.2) is 0 Å². The molecular formula is C16H27NO3. The van der Waals surface area contributed by atoms with Crippen molar-refractivity contribution in [1.29, 1.82) is 0 Å². The fourth-order valence-corrected chi connectivity index (χ4v) is 2.24. The van der Waals surface area contributed by atoms with Crippen LogP contribution in [-0.4, -0.2) is 47.1 Å². The number of benzene rings is 1. The first kappa shape index (κ1) is 17.0. The molecule has 0 bridgehead atoms. The lowest BCUT2D eigenvalue weighted by molar-refractivity contribution is 0.135. The predicted octanol–water partition coefficient (Wildman–Crippen LogP) is 2.11. The highest BCUT2D eigenvalue weighted by Gasteiger charge is 2.05. The zero-order chi connectivity index (χ0) is 14.8. The molecule has 4 heteroatoms. The largest absolute Gasteiger partial charge is 0.496 e. The smallest absolute Gasteiger partial charge is 0.124 e. The van der Waals surface area contributed by atoms with E-state index in [-0.39, 0.29) is 0 Å². The Bertz CT molecular complexity index is 370. The van der Waals surface area contributed by atoms with Crippen molar-refractivity contribution in [2.45, 2.75) is 20.3 Å². The van der Waals surface area contributed by atoms with Crippen LogP contribution in [0.15, 0.2) is 12.1 Å². The Hall–Kier alpha value is -1.10. The van der Waals surface area contributed by atoms with E-state index in [0.29, 0.717) is 0 Å². The molecule has 1 rings (SSSR count). The minimum atomic E-state index is 0.734. The summed E-state index contributed by atoms with van der Waals surface area (Å²) in [7, 11) is 3.42. The molecule has 0 saturated heterocycles. The molecule has 0 unspecified atom stereocenters. The van der Waals surface area contributed by atoms with E-state index in [0.717, 1.165) is 45.1 Å². The zero-order valence-corrected chi connectivity index (χ0v) is 13.1. The second-order valence-corrected chi connectivity index (χ2v) is 4.87. The molecule has 0 saturated carbocycles. The number of nitrogens with one attached hydrogen (secondary N) is 1. The Morgan fingerprint density at radius 3 is 2.20 bits per heavy atom. The van der Waals surface area contributed by atoms with Crippen molar-refractivity contribution in [3.63, 3.8) is 0 Å². The van der Waals surface area contributed by atoms with Crippen LogP contribution in [0, 0.1) is 13.8 Å². The molecule has 4 nitrogen and oxygen atoms in total. The lowest BCUT2D eigenvalue weighted by atomic mass is 10.0. The van der Waals surface area contributed by atoms with Gasteiger partial charge in [-0.3, -0.25) is 0 Å². The van der Waals surface area contributed by atoms with Crippen molar-refractivity contribution in [3.05, 3.63) is 28.8 Å². The van der Waals surface area contributed by atoms with Gasteiger partial charge in [-0.1, -0.05) is 12.1 Å². The molecule has 0 aliphatic carbocycles. The molecule has 0 aliphatic heterocycles. The van der Waals surface area contributed by atoms with Crippen LogP contribution in [0.4, 0.5) is 0 Å². The maximum absolute atomic E-state index is 5.62. The van der Waals surface area contributed by atoms with Gasteiger partial charge in [-0.25, -0.2) is 0 Å². The van der Waals surface area contributed by atoms with Crippen LogP contribution in [-0.2, 0) is 15.9 Å². The fraction of sp³-hybridized carbons (Fsp3) is 0.625. The minimum Gasteiger partial charge on any atom is -0.496 e. The summed E-state index contributed by atoms with van der Waals surface area (Å²) in [6.45, 7) is 8.12. The van der Waals surface area contributed by atoms with E-state index in [1.54, 1.807) is 14.2 Å². The molecular weight excluding hydrogens is 254 g/mol. The molecule has 20 heavy (non-hydrogen) atoms. The molecule has 0 radical (unpaired) electrons. The van der Waals surface area contributed by atoms with E-state index in [2.05, 4.69) is 31.3 Å². The molecule has 0 spiro atoms. The maximum Gasteiger partial charge on any atom is 0.124 e. The molecule has 1 aromatic rings. The number of aryl methyl sites for hydroxylation is 2. The average Bonchev–Trinajstić information content (AvgIpc) is 2.41. The van der Waals surface area contributed by atoms with Gasteiger partial charge in [-0.2, -0.15) is 0 Å². The van der Waals surface area contributed by atoms with Gasteiger partial charge in [0.1, 0.15) is 5.75 Å². The summed E-state index contributed by atoms with van der Waals surface area (Å²) >= 11 is 0. The highest BCUT2D eigenvalue weighted by Crippen LogP contribution is 2.24. The van der Waals surface area contributed by atoms with E-state index < -0.39 is 0 Å². The highest BCUT2D eigenvalue weighted by molar-refractivity contribution is 5.43. The number of rotatable bonds is 10. The Morgan fingerprint density at radius 2 is 1.60 bits per heavy atom. The third-order valence-corrected chi connectivity index (χ3v) is 3.17. The lowest BCUT2D eigenvalue weighted by Crippen LogP contribution is -2.23. The molecule has 0 heterocycles. The number of hydrogen-bond donors (Lipinski definition) is 1. The molecule has 114 valence electrons. The average molecular weight is 281 g/mol. The number of hydrogen-bond acceptors (Lipinski definition) is 4. The molecule has 0 amide bonds. The third-order valence-electron chi connectivity index (χ3n) is 3.17. The molecule has 0 fully saturated rings. The second kappa shape index (κ2) is 9.75. The molecule has 0 atom stereocenters. The Labute approximate surface area is 122 Å². The van der Waals surface area contributed by atoms with Crippen LogP contribution < -0.4 is 10.1 Å². The summed E-state index contributed by atoms with van der Waals surface area (Å²) in [6.07, 6.45) is 0.934. The quantitative estimate of drug-likeness (QED) is 0.667. The minimum absolute atomic E-state index is 0.734. The fourth-order valence-electron chi connectivity index (χ4n) is 2.24. The van der Waals surface area contributed by atoms with Gasteiger partial charge < -0.3 is 19.5 Å². The normalized spacial score (nSPS) is 10.8. The lowest BCUT2D eigenvalue weighted by Gasteiger charge is -2.11. The van der Waals surface area contributed by atoms with E-state index in [1.807, 2.05) is 0 Å². The molecule has 0 aromatic heterocycles. The van der Waals surface area contributed by atoms with E-state index in [1.165, 1.54) is 16.7 Å². The summed E-state index contributed by atoms with van der Waals surface area (Å²) < 4.78 is 15.9. The molecule has 1 aromatic carbocycles. The number of ether oxygens (including phenoxy) is 3. The predicted molar refractivity (Wildman–Crippen MR) is 81.7 cm³/mol. The van der Waals surface area contributed by atoms with Crippen molar-refractivity contribution in [1.82, 2.24) is 5.32 Å². The monoisotopic (exact) mass is 281 g/mol. The molecule has 1 N–H and O–H groups in total. The zero-order valence-electron chi connectivity index (χ0n) is 13.1. The molecule has 0 aliphatic rings. The van der Waals surface area contributed by atoms with Crippen molar-refractivity contribution in [2.75, 3.05) is 47.1 Å². The summed E-state index contributed by atoms with van der Waals surface area (Å²) in [5.41, 5.74) is 3.67. The second-order valence-electron chi connectivity index (χ2n) is 4.87. The Morgan fingerprint density at radius 1 is 0.950 bits per heavy atom. The highest BCUT2D eigenvalue weighted by atomic mass is 16.5. The van der Waals surface area contributed by atoms with Crippen LogP contribution in [0.5, 0.6) is 5.75 Å². The topological polar surface area (TPSA) is 39.7 Å². The SMILES string of the molecule is COCCNCCOCCc1cc(C)c(OC)c(C)c1. The first-order valence-corrected chi connectivity index (χ1v) is 7.10. The van der Waals surface area contributed by atoms with Crippen molar-refractivity contribution >= 4 is 0 Å². The summed E-state index contributed by atoms with van der Waals surface area (Å²) in [6, 6.07) is 4.35. The van der Waals surface area contributed by atoms with Crippen molar-refractivity contribution in [3.8, 4) is 5.75 Å². The van der Waals surface area contributed by atoms with E-state index in [4.69, 9.17) is 14.2 Å². The van der Waals surface area contributed by atoms with Crippen LogP contribution >= 0.6 is 0 Å². The summed E-state index contributed by atoms with van der Waals surface area (Å²) in [5.74, 6) is 0.983. The van der Waals surface area contributed by atoms with Gasteiger partial charge in [0.2, 0.25) is 0 Å². The van der Waals surface area contributed by atoms with E-state index >= 15 is 0 Å². The van der Waals surface area contributed by atoms with Crippen LogP contribution in [0.1, 0.15) is 16.7 Å². The van der Waals surface area contributed by atoms with Gasteiger partial charge in [0.25, 0.3) is 0 Å². The Kier molecular flexibility index (Phi) is 8.26. The standard InChI is InChI=1S/C16H27NO3/c1-13-11-15(12-14(2)16(13)19-4)5-8-20-10-7-17-6-9-18-3/h11-12,17H,5-10H2,1-4H3. The number of methoxy groups -OCH3 is 2. The summed E-state index contributed by atoms with van der Waals surface area (Å²) in [4.78, 5) is 0. The Balaban J connectivity index is 2.22. The summed E-state index contributed by atoms with van der Waals surface area (Å²) in [5, 5.41) is 3.25. The van der Waals surface area contributed by atoms with E-state index in [9.17, 15) is 0 Å². The van der Waals surface area contributed by atoms with Gasteiger partial charge in [-0.05, 0) is 37.0 Å². The van der Waals surface area contributed by atoms with Gasteiger partial charge in [0, 0.05) is 20.2 Å².